The van der Waals surface area contributed by atoms with E-state index in [0.29, 0.717) is 11.6 Å². The van der Waals surface area contributed by atoms with E-state index in [4.69, 9.17) is 0 Å². The average Bonchev–Trinajstić information content (AvgIpc) is 2.15. The lowest BCUT2D eigenvalue weighted by Gasteiger charge is -2.09. The van der Waals surface area contributed by atoms with Crippen LogP contribution in [-0.4, -0.2) is 5.91 Å². The summed E-state index contributed by atoms with van der Waals surface area (Å²) in [5.41, 5.74) is -1.24. The summed E-state index contributed by atoms with van der Waals surface area (Å²) < 4.78 is 48.4. The van der Waals surface area contributed by atoms with E-state index >= 15 is 0 Å². The summed E-state index contributed by atoms with van der Waals surface area (Å²) in [6.07, 6.45) is -4.66. The summed E-state index contributed by atoms with van der Waals surface area (Å²) in [5, 5.41) is 0. The smallest absolute Gasteiger partial charge is 0.267 e. The first-order valence-electron chi connectivity index (χ1n) is 3.54. The van der Waals surface area contributed by atoms with Gasteiger partial charge >= 0.3 is 6.18 Å². The Morgan fingerprint density at radius 3 is 2.29 bits per heavy atom. The molecule has 1 aromatic rings. The van der Waals surface area contributed by atoms with E-state index in [1.54, 1.807) is 0 Å². The number of amides is 1. The van der Waals surface area contributed by atoms with Gasteiger partial charge in [-0.1, -0.05) is 16.6 Å². The number of rotatable bonds is 1. The van der Waals surface area contributed by atoms with E-state index in [0.717, 1.165) is 12.1 Å². The molecule has 0 atom stereocenters. The molecule has 0 fully saturated rings. The number of carbonyl (C=O) groups excluding carboxylic acids is 1. The zero-order valence-electron chi connectivity index (χ0n) is 6.73. The van der Waals surface area contributed by atoms with Gasteiger partial charge in [-0.15, -0.1) is 0 Å². The van der Waals surface area contributed by atoms with Crippen LogP contribution >= 0.6 is 0 Å². The summed E-state index contributed by atoms with van der Waals surface area (Å²) in [5.74, 6) is -1.40. The van der Waals surface area contributed by atoms with E-state index in [1.807, 2.05) is 0 Å². The molecule has 0 spiro atoms. The molecule has 0 saturated carbocycles. The molecule has 76 valence electrons. The van der Waals surface area contributed by atoms with Crippen molar-refractivity contribution in [3.63, 3.8) is 0 Å². The van der Waals surface area contributed by atoms with Crippen molar-refractivity contribution in [3.8, 4) is 0 Å². The molecule has 14 heavy (non-hydrogen) atoms. The second-order valence-corrected chi connectivity index (χ2v) is 2.47. The maximum absolute atomic E-state index is 12.2. The highest BCUT2D eigenvalue weighted by Crippen LogP contribution is 2.31. The minimum absolute atomic E-state index is 0.655. The number of hydrogen-bond acceptors (Lipinski definition) is 1. The van der Waals surface area contributed by atoms with Crippen LogP contribution in [0.15, 0.2) is 24.3 Å². The Morgan fingerprint density at radius 2 is 1.79 bits per heavy atom. The number of halogens is 4. The predicted octanol–water partition coefficient (Wildman–Crippen LogP) is 2.32. The first-order chi connectivity index (χ1) is 6.46. The number of carbonyl (C=O) groups is 1. The highest BCUT2D eigenvalue weighted by Gasteiger charge is 2.34. The van der Waals surface area contributed by atoms with Crippen molar-refractivity contribution in [1.29, 1.82) is 0 Å². The summed E-state index contributed by atoms with van der Waals surface area (Å²) in [7, 11) is 0. The van der Waals surface area contributed by atoms with Crippen LogP contribution in [0, 0.1) is 0 Å². The lowest BCUT2D eigenvalue weighted by atomic mass is 10.1. The van der Waals surface area contributed by atoms with E-state index in [-0.39, 0.29) is 0 Å². The second-order valence-electron chi connectivity index (χ2n) is 2.47. The van der Waals surface area contributed by atoms with Crippen molar-refractivity contribution in [3.05, 3.63) is 35.4 Å². The first-order valence-corrected chi connectivity index (χ1v) is 3.54. The van der Waals surface area contributed by atoms with Crippen molar-refractivity contribution in [2.24, 2.45) is 0 Å². The van der Waals surface area contributed by atoms with Gasteiger partial charge in [0.1, 0.15) is 0 Å². The number of nitrogens with one attached hydrogen (secondary N) is 1. The van der Waals surface area contributed by atoms with Crippen molar-refractivity contribution in [2.75, 3.05) is 0 Å². The molecule has 0 aliphatic heterocycles. The Kier molecular flexibility index (Phi) is 2.73. The number of alkyl halides is 3. The van der Waals surface area contributed by atoms with Crippen LogP contribution in [0.2, 0.25) is 0 Å². The molecule has 0 aliphatic rings. The van der Waals surface area contributed by atoms with Crippen molar-refractivity contribution in [2.45, 2.75) is 6.18 Å². The second kappa shape index (κ2) is 3.65. The van der Waals surface area contributed by atoms with Crippen LogP contribution < -0.4 is 5.54 Å². The molecule has 0 bridgehead atoms. The Balaban J connectivity index is 3.23. The minimum atomic E-state index is -4.66. The molecule has 0 saturated heterocycles. The molecule has 1 amide bonds. The maximum Gasteiger partial charge on any atom is 0.417 e. The molecular formula is C8H5F4NO. The van der Waals surface area contributed by atoms with E-state index in [2.05, 4.69) is 0 Å². The average molecular weight is 207 g/mol. The summed E-state index contributed by atoms with van der Waals surface area (Å²) in [6.45, 7) is 0. The van der Waals surface area contributed by atoms with E-state index in [1.165, 1.54) is 6.07 Å². The fraction of sp³-hybridized carbons (Fsp3) is 0.125. The maximum atomic E-state index is 12.2. The first kappa shape index (κ1) is 10.5. The van der Waals surface area contributed by atoms with Gasteiger partial charge in [-0.3, -0.25) is 4.79 Å². The third kappa shape index (κ3) is 2.01. The van der Waals surface area contributed by atoms with Gasteiger partial charge in [0.25, 0.3) is 5.91 Å². The lowest BCUT2D eigenvalue weighted by molar-refractivity contribution is -0.138. The van der Waals surface area contributed by atoms with Gasteiger partial charge in [0.05, 0.1) is 11.1 Å². The molecule has 1 N–H and O–H groups in total. The molecular weight excluding hydrogens is 202 g/mol. The Labute approximate surface area is 76.5 Å². The SMILES string of the molecule is O=C(NF)c1ccccc1C(F)(F)F. The van der Waals surface area contributed by atoms with E-state index < -0.39 is 23.2 Å². The van der Waals surface area contributed by atoms with Gasteiger partial charge in [-0.2, -0.15) is 18.7 Å². The van der Waals surface area contributed by atoms with Gasteiger partial charge in [-0.25, -0.2) is 0 Å². The monoisotopic (exact) mass is 207 g/mol. The normalized spacial score (nSPS) is 11.1. The topological polar surface area (TPSA) is 29.1 Å². The number of hydrogen-bond donors (Lipinski definition) is 1. The molecule has 0 aliphatic carbocycles. The van der Waals surface area contributed by atoms with Gasteiger partial charge in [0, 0.05) is 0 Å². The zero-order chi connectivity index (χ0) is 10.8. The molecule has 0 unspecified atom stereocenters. The quantitative estimate of drug-likeness (QED) is 0.555. The Bertz CT molecular complexity index is 347. The van der Waals surface area contributed by atoms with Crippen LogP contribution in [0.1, 0.15) is 15.9 Å². The van der Waals surface area contributed by atoms with Gasteiger partial charge in [-0.05, 0) is 12.1 Å². The van der Waals surface area contributed by atoms with Crippen LogP contribution in [0.3, 0.4) is 0 Å². The van der Waals surface area contributed by atoms with Crippen molar-refractivity contribution in [1.82, 2.24) is 5.54 Å². The summed E-state index contributed by atoms with van der Waals surface area (Å²) in [4.78, 5) is 10.7. The molecule has 1 rings (SSSR count). The predicted molar refractivity (Wildman–Crippen MR) is 40.0 cm³/mol. The summed E-state index contributed by atoms with van der Waals surface area (Å²) >= 11 is 0. The standard InChI is InChI=1S/C8H5F4NO/c9-8(10,11)6-4-2-1-3-5(6)7(14)13-12/h1-4H,(H,13,14). The van der Waals surface area contributed by atoms with E-state index in [9.17, 15) is 22.4 Å². The molecule has 6 heteroatoms. The Morgan fingerprint density at radius 1 is 1.21 bits per heavy atom. The minimum Gasteiger partial charge on any atom is -0.267 e. The third-order valence-corrected chi connectivity index (χ3v) is 1.56. The van der Waals surface area contributed by atoms with Crippen LogP contribution in [-0.2, 0) is 6.18 Å². The summed E-state index contributed by atoms with van der Waals surface area (Å²) in [6, 6.07) is 3.96. The fourth-order valence-electron chi connectivity index (χ4n) is 0.979. The zero-order valence-corrected chi connectivity index (χ0v) is 6.73. The molecule has 0 heterocycles. The fourth-order valence-corrected chi connectivity index (χ4v) is 0.979. The molecule has 0 aromatic heterocycles. The van der Waals surface area contributed by atoms with Gasteiger partial charge < -0.3 is 0 Å². The molecule has 0 radical (unpaired) electrons. The van der Waals surface area contributed by atoms with Crippen molar-refractivity contribution >= 4 is 5.91 Å². The third-order valence-electron chi connectivity index (χ3n) is 1.56. The Hall–Kier alpha value is -1.59. The highest BCUT2D eigenvalue weighted by atomic mass is 19.4. The lowest BCUT2D eigenvalue weighted by Crippen LogP contribution is -2.19. The number of benzene rings is 1. The van der Waals surface area contributed by atoms with Gasteiger partial charge in [0.15, 0.2) is 0 Å². The van der Waals surface area contributed by atoms with Crippen molar-refractivity contribution < 1.29 is 22.4 Å². The van der Waals surface area contributed by atoms with Crippen LogP contribution in [0.25, 0.3) is 0 Å². The largest absolute Gasteiger partial charge is 0.417 e. The van der Waals surface area contributed by atoms with Crippen LogP contribution in [0.4, 0.5) is 17.7 Å². The van der Waals surface area contributed by atoms with Gasteiger partial charge in [0.2, 0.25) is 0 Å². The molecule has 2 nitrogen and oxygen atoms in total. The van der Waals surface area contributed by atoms with Crippen LogP contribution in [0.5, 0.6) is 0 Å². The highest BCUT2D eigenvalue weighted by molar-refractivity contribution is 5.95. The molecule has 1 aromatic carbocycles.